The van der Waals surface area contributed by atoms with Crippen molar-refractivity contribution in [2.45, 2.75) is 19.1 Å². The summed E-state index contributed by atoms with van der Waals surface area (Å²) in [6.07, 6.45) is 5.38. The molecule has 0 amide bonds. The van der Waals surface area contributed by atoms with Crippen LogP contribution in [-0.4, -0.2) is 14.7 Å². The van der Waals surface area contributed by atoms with Crippen LogP contribution in [0.15, 0.2) is 102 Å². The number of pyridine rings is 2. The molecule has 0 saturated carbocycles. The third-order valence-electron chi connectivity index (χ3n) is 5.09. The van der Waals surface area contributed by atoms with Crippen molar-refractivity contribution in [1.29, 1.82) is 0 Å². The Morgan fingerprint density at radius 3 is 2.00 bits per heavy atom. The monoisotopic (exact) mass is 382 g/mol. The average molecular weight is 382 g/mol. The van der Waals surface area contributed by atoms with Gasteiger partial charge >= 0.3 is 0 Å². The fourth-order valence-electron chi connectivity index (χ4n) is 3.66. The summed E-state index contributed by atoms with van der Waals surface area (Å²) in [6, 6.07) is 25.5. The van der Waals surface area contributed by atoms with Crippen molar-refractivity contribution in [3.63, 3.8) is 0 Å². The summed E-state index contributed by atoms with van der Waals surface area (Å²) in [5.74, 6) is -0.179. The number of aromatic nitrogens is 2. The molecule has 2 aromatic heterocycles. The molecule has 2 heterocycles. The molecular weight excluding hydrogens is 360 g/mol. The normalized spacial score (nSPS) is 11.0. The molecule has 1 N–H and O–H groups in total. The lowest BCUT2D eigenvalue weighted by atomic mass is 9.85. The second-order valence-corrected chi connectivity index (χ2v) is 6.98. The molecule has 0 atom stereocenters. The summed E-state index contributed by atoms with van der Waals surface area (Å²) in [7, 11) is 0. The van der Waals surface area contributed by atoms with Crippen LogP contribution in [0.2, 0.25) is 0 Å². The quantitative estimate of drug-likeness (QED) is 0.549. The molecule has 0 fully saturated rings. The number of rotatable bonds is 6. The fourth-order valence-corrected chi connectivity index (χ4v) is 3.66. The molecule has 0 bridgehead atoms. The summed E-state index contributed by atoms with van der Waals surface area (Å²) in [5.41, 5.74) is 4.38. The Labute approximate surface area is 169 Å². The van der Waals surface area contributed by atoms with Crippen molar-refractivity contribution in [2.75, 3.05) is 0 Å². The van der Waals surface area contributed by atoms with Gasteiger partial charge in [0.15, 0.2) is 5.43 Å². The molecule has 2 aromatic carbocycles. The standard InChI is InChI=1S/C25H22N2O2/c28-18-22-15-24(29)23(17-27(22)16-19-11-13-26-14-12-19)25(20-7-3-1-4-8-20)21-9-5-2-6-10-21/h1-15,17,25,28H,16,18H2. The lowest BCUT2D eigenvalue weighted by Gasteiger charge is -2.21. The third-order valence-corrected chi connectivity index (χ3v) is 5.09. The van der Waals surface area contributed by atoms with Gasteiger partial charge in [0.1, 0.15) is 0 Å². The van der Waals surface area contributed by atoms with Crippen molar-refractivity contribution in [3.05, 3.63) is 136 Å². The van der Waals surface area contributed by atoms with Crippen molar-refractivity contribution < 1.29 is 5.11 Å². The van der Waals surface area contributed by atoms with E-state index in [1.54, 1.807) is 18.5 Å². The molecule has 0 unspecified atom stereocenters. The number of hydrogen-bond donors (Lipinski definition) is 1. The molecule has 4 heteroatoms. The largest absolute Gasteiger partial charge is 0.390 e. The van der Waals surface area contributed by atoms with Crippen LogP contribution in [0.5, 0.6) is 0 Å². The molecule has 0 spiro atoms. The number of benzene rings is 2. The Kier molecular flexibility index (Phi) is 5.63. The van der Waals surface area contributed by atoms with E-state index in [4.69, 9.17) is 0 Å². The summed E-state index contributed by atoms with van der Waals surface area (Å²) in [6.45, 7) is 0.365. The Morgan fingerprint density at radius 2 is 1.45 bits per heavy atom. The van der Waals surface area contributed by atoms with Crippen LogP contribution in [0.4, 0.5) is 0 Å². The molecule has 144 valence electrons. The summed E-state index contributed by atoms with van der Waals surface area (Å²) >= 11 is 0. The van der Waals surface area contributed by atoms with Gasteiger partial charge in [-0.3, -0.25) is 9.78 Å². The van der Waals surface area contributed by atoms with Gasteiger partial charge in [0, 0.05) is 48.4 Å². The highest BCUT2D eigenvalue weighted by atomic mass is 16.3. The number of aliphatic hydroxyl groups is 1. The van der Waals surface area contributed by atoms with E-state index in [1.807, 2.05) is 83.6 Å². The smallest absolute Gasteiger partial charge is 0.186 e. The number of nitrogens with zero attached hydrogens (tertiary/aromatic N) is 2. The fraction of sp³-hybridized carbons (Fsp3) is 0.120. The maximum atomic E-state index is 13.1. The lowest BCUT2D eigenvalue weighted by molar-refractivity contribution is 0.270. The molecule has 4 rings (SSSR count). The van der Waals surface area contributed by atoms with Crippen LogP contribution >= 0.6 is 0 Å². The first kappa shape index (κ1) is 18.8. The predicted octanol–water partition coefficient (Wildman–Crippen LogP) is 3.96. The van der Waals surface area contributed by atoms with Crippen molar-refractivity contribution >= 4 is 0 Å². The second-order valence-electron chi connectivity index (χ2n) is 6.98. The Morgan fingerprint density at radius 1 is 0.862 bits per heavy atom. The summed E-state index contributed by atoms with van der Waals surface area (Å²) in [4.78, 5) is 17.1. The Hall–Kier alpha value is -3.50. The molecule has 29 heavy (non-hydrogen) atoms. The third kappa shape index (κ3) is 4.18. The minimum atomic E-state index is -0.193. The lowest BCUT2D eigenvalue weighted by Crippen LogP contribution is -2.21. The highest BCUT2D eigenvalue weighted by Crippen LogP contribution is 2.30. The molecule has 4 nitrogen and oxygen atoms in total. The zero-order valence-electron chi connectivity index (χ0n) is 16.0. The first-order chi connectivity index (χ1) is 14.3. The summed E-state index contributed by atoms with van der Waals surface area (Å²) < 4.78 is 1.95. The molecular formula is C25H22N2O2. The maximum Gasteiger partial charge on any atom is 0.186 e. The van der Waals surface area contributed by atoms with Crippen molar-refractivity contribution in [2.24, 2.45) is 0 Å². The van der Waals surface area contributed by atoms with Gasteiger partial charge in [-0.25, -0.2) is 0 Å². The molecule has 0 aliphatic carbocycles. The molecule has 0 aliphatic rings. The van der Waals surface area contributed by atoms with E-state index in [0.29, 0.717) is 17.8 Å². The Balaban J connectivity index is 1.86. The SMILES string of the molecule is O=c1cc(CO)n(Cc2ccncc2)cc1C(c1ccccc1)c1ccccc1. The van der Waals surface area contributed by atoms with E-state index in [0.717, 1.165) is 16.7 Å². The highest BCUT2D eigenvalue weighted by molar-refractivity contribution is 5.42. The van der Waals surface area contributed by atoms with Crippen LogP contribution in [0.25, 0.3) is 0 Å². The van der Waals surface area contributed by atoms with Crippen molar-refractivity contribution in [1.82, 2.24) is 9.55 Å². The van der Waals surface area contributed by atoms with Gasteiger partial charge in [0.05, 0.1) is 6.61 Å². The van der Waals surface area contributed by atoms with Crippen LogP contribution in [0.3, 0.4) is 0 Å². The average Bonchev–Trinajstić information content (AvgIpc) is 2.78. The zero-order valence-corrected chi connectivity index (χ0v) is 16.0. The molecule has 0 radical (unpaired) electrons. The van der Waals surface area contributed by atoms with Gasteiger partial charge in [0.25, 0.3) is 0 Å². The van der Waals surface area contributed by atoms with E-state index in [9.17, 15) is 9.90 Å². The first-order valence-electron chi connectivity index (χ1n) is 9.59. The second kappa shape index (κ2) is 8.67. The zero-order chi connectivity index (χ0) is 20.1. The van der Waals surface area contributed by atoms with E-state index in [2.05, 4.69) is 4.98 Å². The van der Waals surface area contributed by atoms with Gasteiger partial charge in [-0.1, -0.05) is 60.7 Å². The molecule has 0 aliphatic heterocycles. The highest BCUT2D eigenvalue weighted by Gasteiger charge is 2.21. The minimum absolute atomic E-state index is 0.0715. The molecule has 4 aromatic rings. The van der Waals surface area contributed by atoms with Crippen LogP contribution in [0.1, 0.15) is 33.9 Å². The first-order valence-corrected chi connectivity index (χ1v) is 9.59. The van der Waals surface area contributed by atoms with Gasteiger partial charge < -0.3 is 9.67 Å². The van der Waals surface area contributed by atoms with Crippen LogP contribution in [-0.2, 0) is 13.2 Å². The maximum absolute atomic E-state index is 13.1. The summed E-state index contributed by atoms with van der Waals surface area (Å²) in [5, 5.41) is 9.81. The van der Waals surface area contributed by atoms with Gasteiger partial charge in [-0.15, -0.1) is 0 Å². The van der Waals surface area contributed by atoms with E-state index < -0.39 is 0 Å². The van der Waals surface area contributed by atoms with Crippen LogP contribution < -0.4 is 5.43 Å². The van der Waals surface area contributed by atoms with E-state index in [1.165, 1.54) is 0 Å². The van der Waals surface area contributed by atoms with Crippen molar-refractivity contribution in [3.8, 4) is 0 Å². The minimum Gasteiger partial charge on any atom is -0.390 e. The number of hydrogen-bond acceptors (Lipinski definition) is 3. The predicted molar refractivity (Wildman–Crippen MR) is 114 cm³/mol. The topological polar surface area (TPSA) is 55.1 Å². The van der Waals surface area contributed by atoms with Gasteiger partial charge in [0.2, 0.25) is 0 Å². The van der Waals surface area contributed by atoms with Gasteiger partial charge in [-0.05, 0) is 28.8 Å². The van der Waals surface area contributed by atoms with Gasteiger partial charge in [-0.2, -0.15) is 0 Å². The van der Waals surface area contributed by atoms with E-state index in [-0.39, 0.29) is 18.0 Å². The van der Waals surface area contributed by atoms with Crippen LogP contribution in [0, 0.1) is 0 Å². The number of aliphatic hydroxyl groups excluding tert-OH is 1. The molecule has 0 saturated heterocycles. The Bertz CT molecular complexity index is 1080. The van der Waals surface area contributed by atoms with E-state index >= 15 is 0 Å².